The standard InChI is InChI=1S/C19H15N3O2S2/c23-26(24,18-7-3-13-25-18)22-16-10-8-15(9-11-16)21-17-6-1-4-14-5-2-12-20-19(14)17/h1-13,21-22H. The lowest BCUT2D eigenvalue weighted by Gasteiger charge is -2.11. The Balaban J connectivity index is 1.55. The third kappa shape index (κ3) is 3.40. The number of benzene rings is 2. The molecule has 0 aliphatic carbocycles. The molecule has 26 heavy (non-hydrogen) atoms. The Morgan fingerprint density at radius 1 is 0.846 bits per heavy atom. The van der Waals surface area contributed by atoms with Gasteiger partial charge < -0.3 is 5.32 Å². The molecule has 0 atom stereocenters. The second-order valence-electron chi connectivity index (χ2n) is 5.62. The molecule has 0 aliphatic rings. The number of nitrogens with zero attached hydrogens (tertiary/aromatic N) is 1. The van der Waals surface area contributed by atoms with Crippen LogP contribution in [-0.2, 0) is 10.0 Å². The number of pyridine rings is 1. The van der Waals surface area contributed by atoms with Crippen LogP contribution in [0.15, 0.2) is 82.5 Å². The van der Waals surface area contributed by atoms with E-state index in [9.17, 15) is 8.42 Å². The van der Waals surface area contributed by atoms with Crippen LogP contribution in [0.3, 0.4) is 0 Å². The highest BCUT2D eigenvalue weighted by atomic mass is 32.2. The van der Waals surface area contributed by atoms with E-state index >= 15 is 0 Å². The van der Waals surface area contributed by atoms with Gasteiger partial charge in [0.15, 0.2) is 0 Å². The number of hydrogen-bond donors (Lipinski definition) is 2. The van der Waals surface area contributed by atoms with Crippen molar-refractivity contribution in [2.45, 2.75) is 4.21 Å². The number of sulfonamides is 1. The second-order valence-corrected chi connectivity index (χ2v) is 8.48. The van der Waals surface area contributed by atoms with Gasteiger partial charge in [-0.05, 0) is 47.8 Å². The van der Waals surface area contributed by atoms with Crippen molar-refractivity contribution in [3.63, 3.8) is 0 Å². The number of hydrogen-bond acceptors (Lipinski definition) is 5. The highest BCUT2D eigenvalue weighted by Gasteiger charge is 2.14. The highest BCUT2D eigenvalue weighted by molar-refractivity contribution is 7.94. The molecule has 0 amide bonds. The number of aromatic nitrogens is 1. The maximum atomic E-state index is 12.3. The lowest BCUT2D eigenvalue weighted by atomic mass is 10.2. The van der Waals surface area contributed by atoms with E-state index in [0.717, 1.165) is 22.3 Å². The van der Waals surface area contributed by atoms with Gasteiger partial charge >= 0.3 is 0 Å². The molecule has 7 heteroatoms. The second kappa shape index (κ2) is 6.78. The number of nitrogens with one attached hydrogen (secondary N) is 2. The molecule has 4 rings (SSSR count). The summed E-state index contributed by atoms with van der Waals surface area (Å²) in [7, 11) is -3.53. The highest BCUT2D eigenvalue weighted by Crippen LogP contribution is 2.26. The van der Waals surface area contributed by atoms with Crippen LogP contribution in [0.1, 0.15) is 0 Å². The first kappa shape index (κ1) is 16.6. The number of anilines is 3. The summed E-state index contributed by atoms with van der Waals surface area (Å²) in [5, 5.41) is 6.12. The summed E-state index contributed by atoms with van der Waals surface area (Å²) in [6.45, 7) is 0. The molecular weight excluding hydrogens is 366 g/mol. The third-order valence-corrected chi connectivity index (χ3v) is 6.59. The van der Waals surface area contributed by atoms with E-state index in [0.29, 0.717) is 9.90 Å². The summed E-state index contributed by atoms with van der Waals surface area (Å²) in [5.74, 6) is 0. The molecule has 0 spiro atoms. The minimum absolute atomic E-state index is 0.293. The zero-order valence-electron chi connectivity index (χ0n) is 13.6. The van der Waals surface area contributed by atoms with Gasteiger partial charge in [-0.2, -0.15) is 0 Å². The first-order valence-corrected chi connectivity index (χ1v) is 10.3. The van der Waals surface area contributed by atoms with Crippen molar-refractivity contribution in [1.82, 2.24) is 4.98 Å². The Morgan fingerprint density at radius 2 is 1.62 bits per heavy atom. The SMILES string of the molecule is O=S(=O)(Nc1ccc(Nc2cccc3cccnc23)cc1)c1cccs1. The van der Waals surface area contributed by atoms with Crippen LogP contribution in [-0.4, -0.2) is 13.4 Å². The molecule has 0 aliphatic heterocycles. The van der Waals surface area contributed by atoms with Crippen molar-refractivity contribution in [2.75, 3.05) is 10.0 Å². The van der Waals surface area contributed by atoms with Crippen LogP contribution in [0.4, 0.5) is 17.1 Å². The largest absolute Gasteiger partial charge is 0.354 e. The van der Waals surface area contributed by atoms with Crippen LogP contribution >= 0.6 is 11.3 Å². The molecule has 0 unspecified atom stereocenters. The maximum Gasteiger partial charge on any atom is 0.271 e. The van der Waals surface area contributed by atoms with Crippen molar-refractivity contribution >= 4 is 49.3 Å². The Bertz CT molecular complexity index is 1130. The van der Waals surface area contributed by atoms with Gasteiger partial charge in [-0.15, -0.1) is 11.3 Å². The van der Waals surface area contributed by atoms with Crippen LogP contribution < -0.4 is 10.0 Å². The predicted molar refractivity (Wildman–Crippen MR) is 107 cm³/mol. The van der Waals surface area contributed by atoms with Crippen molar-refractivity contribution in [3.05, 3.63) is 78.3 Å². The summed E-state index contributed by atoms with van der Waals surface area (Å²) < 4.78 is 27.4. The number of thiophene rings is 1. The molecule has 2 N–H and O–H groups in total. The topological polar surface area (TPSA) is 71.1 Å². The van der Waals surface area contributed by atoms with E-state index in [1.807, 2.05) is 42.5 Å². The molecule has 2 heterocycles. The van der Waals surface area contributed by atoms with Crippen LogP contribution in [0.5, 0.6) is 0 Å². The van der Waals surface area contributed by atoms with E-state index in [1.54, 1.807) is 35.8 Å². The van der Waals surface area contributed by atoms with E-state index in [4.69, 9.17) is 0 Å². The van der Waals surface area contributed by atoms with E-state index in [1.165, 1.54) is 11.3 Å². The summed E-state index contributed by atoms with van der Waals surface area (Å²) in [5.41, 5.74) is 3.15. The normalized spacial score (nSPS) is 11.4. The van der Waals surface area contributed by atoms with Gasteiger partial charge in [-0.3, -0.25) is 9.71 Å². The van der Waals surface area contributed by atoms with Crippen molar-refractivity contribution < 1.29 is 8.42 Å². The van der Waals surface area contributed by atoms with E-state index in [2.05, 4.69) is 15.0 Å². The zero-order valence-corrected chi connectivity index (χ0v) is 15.2. The molecule has 0 saturated heterocycles. The maximum absolute atomic E-state index is 12.3. The monoisotopic (exact) mass is 381 g/mol. The molecule has 0 radical (unpaired) electrons. The molecule has 5 nitrogen and oxygen atoms in total. The van der Waals surface area contributed by atoms with Crippen LogP contribution in [0.25, 0.3) is 10.9 Å². The minimum Gasteiger partial charge on any atom is -0.354 e. The van der Waals surface area contributed by atoms with Gasteiger partial charge in [-0.1, -0.05) is 24.3 Å². The van der Waals surface area contributed by atoms with Gasteiger partial charge in [0.05, 0.1) is 11.2 Å². The fourth-order valence-corrected chi connectivity index (χ4v) is 4.66. The summed E-state index contributed by atoms with van der Waals surface area (Å²) in [6.07, 6.45) is 1.76. The Labute approximate surface area is 155 Å². The zero-order chi connectivity index (χ0) is 18.0. The van der Waals surface area contributed by atoms with Crippen molar-refractivity contribution in [1.29, 1.82) is 0 Å². The molecule has 0 fully saturated rings. The predicted octanol–water partition coefficient (Wildman–Crippen LogP) is 4.84. The average Bonchev–Trinajstić information content (AvgIpc) is 3.19. The molecule has 2 aromatic carbocycles. The molecular formula is C19H15N3O2S2. The van der Waals surface area contributed by atoms with E-state index in [-0.39, 0.29) is 0 Å². The smallest absolute Gasteiger partial charge is 0.271 e. The quantitative estimate of drug-likeness (QED) is 0.519. The lowest BCUT2D eigenvalue weighted by Crippen LogP contribution is -2.11. The van der Waals surface area contributed by atoms with Crippen LogP contribution in [0, 0.1) is 0 Å². The van der Waals surface area contributed by atoms with Gasteiger partial charge in [-0.25, -0.2) is 8.42 Å². The number of fused-ring (bicyclic) bond motifs is 1. The first-order chi connectivity index (χ1) is 12.6. The fraction of sp³-hybridized carbons (Fsp3) is 0. The summed E-state index contributed by atoms with van der Waals surface area (Å²) in [6, 6.07) is 20.3. The molecule has 0 saturated carbocycles. The van der Waals surface area contributed by atoms with Crippen molar-refractivity contribution in [2.24, 2.45) is 0 Å². The van der Waals surface area contributed by atoms with E-state index < -0.39 is 10.0 Å². The summed E-state index contributed by atoms with van der Waals surface area (Å²) >= 11 is 1.19. The minimum atomic E-state index is -3.53. The van der Waals surface area contributed by atoms with Gasteiger partial charge in [0.1, 0.15) is 4.21 Å². The average molecular weight is 381 g/mol. The molecule has 2 aromatic heterocycles. The Kier molecular flexibility index (Phi) is 4.32. The first-order valence-electron chi connectivity index (χ1n) is 7.89. The number of para-hydroxylation sites is 1. The molecule has 130 valence electrons. The van der Waals surface area contributed by atoms with Crippen LogP contribution in [0.2, 0.25) is 0 Å². The fourth-order valence-electron chi connectivity index (χ4n) is 2.60. The Hall–Kier alpha value is -2.90. The lowest BCUT2D eigenvalue weighted by molar-refractivity contribution is 0.603. The van der Waals surface area contributed by atoms with Crippen molar-refractivity contribution in [3.8, 4) is 0 Å². The third-order valence-electron chi connectivity index (χ3n) is 3.81. The molecule has 4 aromatic rings. The summed E-state index contributed by atoms with van der Waals surface area (Å²) in [4.78, 5) is 4.42. The Morgan fingerprint density at radius 3 is 2.38 bits per heavy atom. The number of rotatable bonds is 5. The van der Waals surface area contributed by atoms with Gasteiger partial charge in [0.25, 0.3) is 10.0 Å². The molecule has 0 bridgehead atoms. The van der Waals surface area contributed by atoms with Gasteiger partial charge in [0.2, 0.25) is 0 Å². The van der Waals surface area contributed by atoms with Gasteiger partial charge in [0, 0.05) is 23.0 Å².